The normalized spacial score (nSPS) is 55.1. The van der Waals surface area contributed by atoms with E-state index in [1.54, 1.807) is 0 Å². The van der Waals surface area contributed by atoms with Gasteiger partial charge in [-0.3, -0.25) is 0 Å². The third kappa shape index (κ3) is 2.23. The van der Waals surface area contributed by atoms with Crippen LogP contribution in [0, 0.1) is 52.3 Å². The average Bonchev–Trinajstić information content (AvgIpc) is 2.50. The second-order valence-corrected chi connectivity index (χ2v) is 12.5. The summed E-state index contributed by atoms with van der Waals surface area (Å²) in [7, 11) is 0. The second kappa shape index (κ2) is 5.25. The van der Waals surface area contributed by atoms with Crippen LogP contribution in [0.15, 0.2) is 0 Å². The first kappa shape index (κ1) is 17.2. The molecule has 0 aliphatic heterocycles. The molecule has 0 aromatic carbocycles. The van der Waals surface area contributed by atoms with Crippen LogP contribution in [-0.4, -0.2) is 11.7 Å². The predicted octanol–water partition coefficient (Wildman–Crippen LogP) is 5.52. The van der Waals surface area contributed by atoms with E-state index in [1.807, 2.05) is 0 Å². The number of nitrogens with two attached hydrogens (primary N) is 1. The Labute approximate surface area is 164 Å². The molecule has 150 valence electrons. The van der Waals surface area contributed by atoms with E-state index in [9.17, 15) is 4.79 Å². The molecule has 0 saturated heterocycles. The summed E-state index contributed by atoms with van der Waals surface area (Å²) in [5.41, 5.74) is 5.88. The van der Waals surface area contributed by atoms with Crippen molar-refractivity contribution in [2.45, 2.75) is 90.1 Å². The van der Waals surface area contributed by atoms with Crippen molar-refractivity contribution in [2.24, 2.45) is 58.0 Å². The molecule has 0 spiro atoms. The lowest BCUT2D eigenvalue weighted by Crippen LogP contribution is -2.68. The van der Waals surface area contributed by atoms with Gasteiger partial charge in [0.2, 0.25) is 0 Å². The number of hydrogen-bond donors (Lipinski definition) is 1. The lowest BCUT2D eigenvalue weighted by Gasteiger charge is -2.72. The third-order valence-electron chi connectivity index (χ3n) is 10.6. The Morgan fingerprint density at radius 1 is 0.815 bits per heavy atom. The summed E-state index contributed by atoms with van der Waals surface area (Å²) >= 11 is 0. The number of hydrogen-bond acceptors (Lipinski definition) is 2. The molecule has 8 aliphatic rings. The van der Waals surface area contributed by atoms with Gasteiger partial charge in [0.25, 0.3) is 0 Å². The van der Waals surface area contributed by atoms with Gasteiger partial charge in [0.1, 0.15) is 5.60 Å². The molecule has 3 nitrogen and oxygen atoms in total. The molecule has 27 heavy (non-hydrogen) atoms. The third-order valence-corrected chi connectivity index (χ3v) is 10.6. The van der Waals surface area contributed by atoms with Crippen LogP contribution in [0.1, 0.15) is 84.5 Å². The minimum atomic E-state index is -0.569. The molecule has 0 radical (unpaired) electrons. The van der Waals surface area contributed by atoms with Crippen molar-refractivity contribution in [2.75, 3.05) is 0 Å². The summed E-state index contributed by atoms with van der Waals surface area (Å²) in [6, 6.07) is 0. The number of carbonyl (C=O) groups is 1. The van der Waals surface area contributed by atoms with Gasteiger partial charge in [0.15, 0.2) is 0 Å². The van der Waals surface area contributed by atoms with Crippen molar-refractivity contribution < 1.29 is 9.53 Å². The van der Waals surface area contributed by atoms with Gasteiger partial charge in [0.05, 0.1) is 0 Å². The second-order valence-electron chi connectivity index (χ2n) is 12.5. The van der Waals surface area contributed by atoms with Gasteiger partial charge in [-0.1, -0.05) is 0 Å². The summed E-state index contributed by atoms with van der Waals surface area (Å²) in [5, 5.41) is 0. The molecule has 1 amide bonds. The molecule has 8 saturated carbocycles. The largest absolute Gasteiger partial charge is 0.443 e. The van der Waals surface area contributed by atoms with E-state index in [-0.39, 0.29) is 5.41 Å². The zero-order chi connectivity index (χ0) is 18.6. The van der Waals surface area contributed by atoms with Crippen LogP contribution < -0.4 is 5.73 Å². The van der Waals surface area contributed by atoms with Gasteiger partial charge < -0.3 is 10.5 Å². The highest BCUT2D eigenvalue weighted by atomic mass is 16.6. The summed E-state index contributed by atoms with van der Waals surface area (Å²) in [6.45, 7) is 4.41. The highest BCUT2D eigenvalue weighted by molar-refractivity contribution is 5.65. The molecule has 3 unspecified atom stereocenters. The van der Waals surface area contributed by atoms with Crippen molar-refractivity contribution in [3.05, 3.63) is 0 Å². The van der Waals surface area contributed by atoms with Gasteiger partial charge in [-0.2, -0.15) is 0 Å². The van der Waals surface area contributed by atoms with E-state index in [1.165, 1.54) is 70.6 Å². The Kier molecular flexibility index (Phi) is 3.33. The molecular formula is C24H37NO2. The lowest BCUT2D eigenvalue weighted by molar-refractivity contribution is -0.257. The van der Waals surface area contributed by atoms with Crippen molar-refractivity contribution >= 4 is 6.09 Å². The van der Waals surface area contributed by atoms with Gasteiger partial charge in [-0.25, -0.2) is 4.79 Å². The zero-order valence-electron chi connectivity index (χ0n) is 17.2. The standard InChI is InChI=1S/C24H37NO2/c1-22(2,27-21(25)26)24-12-17-6-18(13-24)8-19(7-17)20(24)23-9-14-3-15(10-23)5-16(4-14)11-23/h14-20H,3-13H2,1-2H3,(H2,25,26). The van der Waals surface area contributed by atoms with Crippen molar-refractivity contribution in [3.63, 3.8) is 0 Å². The van der Waals surface area contributed by atoms with Gasteiger partial charge in [-0.05, 0) is 131 Å². The Morgan fingerprint density at radius 3 is 1.70 bits per heavy atom. The summed E-state index contributed by atoms with van der Waals surface area (Å²) in [4.78, 5) is 11.9. The Balaban J connectivity index is 1.46. The van der Waals surface area contributed by atoms with Crippen LogP contribution in [-0.2, 0) is 4.74 Å². The van der Waals surface area contributed by atoms with Crippen molar-refractivity contribution in [3.8, 4) is 0 Å². The average molecular weight is 372 g/mol. The summed E-state index contributed by atoms with van der Waals surface area (Å²) in [6.07, 6.45) is 15.3. The highest BCUT2D eigenvalue weighted by Crippen LogP contribution is 2.75. The van der Waals surface area contributed by atoms with Crippen molar-refractivity contribution in [1.82, 2.24) is 0 Å². The van der Waals surface area contributed by atoms with Crippen LogP contribution >= 0.6 is 0 Å². The first-order valence-corrected chi connectivity index (χ1v) is 11.8. The number of carbonyl (C=O) groups excluding carboxylic acids is 1. The molecule has 0 heterocycles. The SMILES string of the molecule is CC(C)(OC(N)=O)C12CC3CC(CC(C3)C1C13CC4CC(CC(C4)C1)C3)C2. The Morgan fingerprint density at radius 2 is 1.26 bits per heavy atom. The van der Waals surface area contributed by atoms with Crippen LogP contribution in [0.3, 0.4) is 0 Å². The van der Waals surface area contributed by atoms with Crippen molar-refractivity contribution in [1.29, 1.82) is 0 Å². The first-order chi connectivity index (χ1) is 12.8. The molecule has 8 rings (SSSR count). The quantitative estimate of drug-likeness (QED) is 0.710. The highest BCUT2D eigenvalue weighted by Gasteiger charge is 2.70. The minimum Gasteiger partial charge on any atom is -0.443 e. The van der Waals surface area contributed by atoms with Crippen LogP contribution in [0.2, 0.25) is 0 Å². The van der Waals surface area contributed by atoms with Crippen LogP contribution in [0.5, 0.6) is 0 Å². The number of rotatable bonds is 3. The fourth-order valence-corrected chi connectivity index (χ4v) is 10.9. The number of amides is 1. The van der Waals surface area contributed by atoms with Crippen LogP contribution in [0.4, 0.5) is 4.79 Å². The van der Waals surface area contributed by atoms with E-state index in [4.69, 9.17) is 10.5 Å². The maximum atomic E-state index is 11.9. The fourth-order valence-electron chi connectivity index (χ4n) is 10.9. The monoisotopic (exact) mass is 371 g/mol. The van der Waals surface area contributed by atoms with Gasteiger partial charge in [-0.15, -0.1) is 0 Å². The molecule has 3 atom stereocenters. The van der Waals surface area contributed by atoms with E-state index < -0.39 is 11.7 Å². The lowest BCUT2D eigenvalue weighted by atomic mass is 9.33. The Hall–Kier alpha value is -0.730. The number of ether oxygens (including phenoxy) is 1. The molecule has 8 bridgehead atoms. The predicted molar refractivity (Wildman–Crippen MR) is 105 cm³/mol. The molecule has 2 N–H and O–H groups in total. The molecule has 0 aromatic heterocycles. The van der Waals surface area contributed by atoms with Gasteiger partial charge >= 0.3 is 6.09 Å². The fraction of sp³-hybridized carbons (Fsp3) is 0.958. The smallest absolute Gasteiger partial charge is 0.405 e. The molecule has 0 aromatic rings. The Bertz CT molecular complexity index is 618. The van der Waals surface area contributed by atoms with E-state index in [2.05, 4.69) is 13.8 Å². The van der Waals surface area contributed by atoms with Crippen LogP contribution in [0.25, 0.3) is 0 Å². The summed E-state index contributed by atoms with van der Waals surface area (Å²) < 4.78 is 5.95. The van der Waals surface area contributed by atoms with E-state index >= 15 is 0 Å². The molecule has 3 heteroatoms. The zero-order valence-corrected chi connectivity index (χ0v) is 17.2. The minimum absolute atomic E-state index is 0.169. The summed E-state index contributed by atoms with van der Waals surface area (Å²) in [5.74, 6) is 6.35. The molecular weight excluding hydrogens is 334 g/mol. The van der Waals surface area contributed by atoms with E-state index in [0.29, 0.717) is 5.41 Å². The van der Waals surface area contributed by atoms with E-state index in [0.717, 1.165) is 41.4 Å². The maximum absolute atomic E-state index is 11.9. The maximum Gasteiger partial charge on any atom is 0.405 e. The first-order valence-electron chi connectivity index (χ1n) is 11.8. The molecule has 8 fully saturated rings. The topological polar surface area (TPSA) is 52.3 Å². The van der Waals surface area contributed by atoms with Gasteiger partial charge in [0, 0.05) is 5.41 Å². The molecule has 8 aliphatic carbocycles. The number of primary amides is 1.